The van der Waals surface area contributed by atoms with Crippen LogP contribution in [0.15, 0.2) is 24.3 Å². The number of benzene rings is 1. The molecule has 0 heterocycles. The van der Waals surface area contributed by atoms with Crippen LogP contribution < -0.4 is 4.74 Å². The normalized spacial score (nSPS) is 24.8. The van der Waals surface area contributed by atoms with Crippen LogP contribution in [0.5, 0.6) is 5.75 Å². The monoisotopic (exact) mass is 290 g/mol. The molecular weight excluding hydrogens is 268 g/mol. The summed E-state index contributed by atoms with van der Waals surface area (Å²) in [4.78, 5) is 24.0. The summed E-state index contributed by atoms with van der Waals surface area (Å²) in [6, 6.07) is 6.98. The number of hydrogen-bond donors (Lipinski definition) is 1. The summed E-state index contributed by atoms with van der Waals surface area (Å²) in [5.74, 6) is -0.791. The molecule has 114 valence electrons. The highest BCUT2D eigenvalue weighted by Crippen LogP contribution is 2.40. The zero-order chi connectivity index (χ0) is 15.4. The second-order valence-corrected chi connectivity index (χ2v) is 5.62. The van der Waals surface area contributed by atoms with Crippen molar-refractivity contribution in [3.05, 3.63) is 29.8 Å². The van der Waals surface area contributed by atoms with E-state index >= 15 is 0 Å². The molecule has 0 bridgehead atoms. The molecule has 1 aromatic rings. The van der Waals surface area contributed by atoms with Crippen LogP contribution in [-0.4, -0.2) is 23.5 Å². The standard InChI is InChI=1S/C17H22O4/c1-3-11-9-14(15(10-11)17(19)20)16(18)12-5-7-13(8-6-12)21-4-2/h5-8,11,14-15H,3-4,9-10H2,1-2H3,(H,19,20). The third-order valence-corrected chi connectivity index (χ3v) is 4.34. The smallest absolute Gasteiger partial charge is 0.307 e. The molecule has 1 saturated carbocycles. The molecule has 1 fully saturated rings. The van der Waals surface area contributed by atoms with Gasteiger partial charge in [-0.05, 0) is 49.9 Å². The van der Waals surface area contributed by atoms with E-state index in [-0.39, 0.29) is 5.78 Å². The van der Waals surface area contributed by atoms with Crippen molar-refractivity contribution in [2.75, 3.05) is 6.61 Å². The summed E-state index contributed by atoms with van der Waals surface area (Å²) in [5, 5.41) is 9.33. The Hall–Kier alpha value is -1.84. The summed E-state index contributed by atoms with van der Waals surface area (Å²) in [6.45, 7) is 4.53. The predicted octanol–water partition coefficient (Wildman–Crippen LogP) is 3.41. The highest BCUT2D eigenvalue weighted by atomic mass is 16.5. The van der Waals surface area contributed by atoms with E-state index in [0.29, 0.717) is 30.9 Å². The van der Waals surface area contributed by atoms with Gasteiger partial charge < -0.3 is 9.84 Å². The van der Waals surface area contributed by atoms with E-state index in [1.165, 1.54) is 0 Å². The fraction of sp³-hybridized carbons (Fsp3) is 0.529. The van der Waals surface area contributed by atoms with E-state index in [2.05, 4.69) is 0 Å². The van der Waals surface area contributed by atoms with E-state index in [9.17, 15) is 14.7 Å². The Morgan fingerprint density at radius 3 is 2.29 bits per heavy atom. The van der Waals surface area contributed by atoms with Crippen molar-refractivity contribution in [3.63, 3.8) is 0 Å². The first-order chi connectivity index (χ1) is 10.1. The van der Waals surface area contributed by atoms with Crippen molar-refractivity contribution in [1.29, 1.82) is 0 Å². The molecule has 0 spiro atoms. The number of aliphatic carboxylic acids is 1. The number of rotatable bonds is 6. The average Bonchev–Trinajstić information content (AvgIpc) is 2.92. The molecule has 1 N–H and O–H groups in total. The molecule has 1 aliphatic carbocycles. The highest BCUT2D eigenvalue weighted by Gasteiger charge is 2.42. The minimum absolute atomic E-state index is 0.0543. The maximum atomic E-state index is 12.6. The Labute approximate surface area is 125 Å². The molecule has 0 aliphatic heterocycles. The van der Waals surface area contributed by atoms with Gasteiger partial charge in [0, 0.05) is 11.5 Å². The van der Waals surface area contributed by atoms with Gasteiger partial charge in [0.05, 0.1) is 12.5 Å². The molecule has 0 saturated heterocycles. The van der Waals surface area contributed by atoms with Gasteiger partial charge in [0.2, 0.25) is 0 Å². The minimum atomic E-state index is -0.852. The van der Waals surface area contributed by atoms with Crippen LogP contribution in [-0.2, 0) is 4.79 Å². The summed E-state index contributed by atoms with van der Waals surface area (Å²) in [5.41, 5.74) is 0.575. The van der Waals surface area contributed by atoms with Gasteiger partial charge in [0.15, 0.2) is 5.78 Å². The number of ketones is 1. The number of carboxylic acids is 1. The Bertz CT molecular complexity index is 506. The molecule has 0 amide bonds. The molecular formula is C17H22O4. The third-order valence-electron chi connectivity index (χ3n) is 4.34. The van der Waals surface area contributed by atoms with Crippen LogP contribution in [0.4, 0.5) is 0 Å². The lowest BCUT2D eigenvalue weighted by Crippen LogP contribution is -2.25. The average molecular weight is 290 g/mol. The molecule has 1 aromatic carbocycles. The van der Waals surface area contributed by atoms with E-state index in [1.807, 2.05) is 13.8 Å². The van der Waals surface area contributed by atoms with Gasteiger partial charge in [0.1, 0.15) is 5.75 Å². The fourth-order valence-corrected chi connectivity index (χ4v) is 3.14. The number of carbonyl (C=O) groups excluding carboxylic acids is 1. The summed E-state index contributed by atoms with van der Waals surface area (Å²) < 4.78 is 5.35. The first kappa shape index (κ1) is 15.5. The quantitative estimate of drug-likeness (QED) is 0.815. The number of hydrogen-bond acceptors (Lipinski definition) is 3. The lowest BCUT2D eigenvalue weighted by molar-refractivity contribution is -0.142. The third kappa shape index (κ3) is 3.43. The van der Waals surface area contributed by atoms with Crippen LogP contribution in [0, 0.1) is 17.8 Å². The van der Waals surface area contributed by atoms with Crippen molar-refractivity contribution in [2.45, 2.75) is 33.1 Å². The summed E-state index contributed by atoms with van der Waals surface area (Å²) >= 11 is 0. The lowest BCUT2D eigenvalue weighted by Gasteiger charge is -2.14. The van der Waals surface area contributed by atoms with E-state index in [0.717, 1.165) is 12.2 Å². The lowest BCUT2D eigenvalue weighted by atomic mass is 9.88. The molecule has 4 heteroatoms. The van der Waals surface area contributed by atoms with Crippen LogP contribution in [0.1, 0.15) is 43.5 Å². The Balaban J connectivity index is 2.15. The summed E-state index contributed by atoms with van der Waals surface area (Å²) in [6.07, 6.45) is 2.22. The molecule has 0 aromatic heterocycles. The fourth-order valence-electron chi connectivity index (χ4n) is 3.14. The zero-order valence-electron chi connectivity index (χ0n) is 12.5. The molecule has 3 atom stereocenters. The summed E-state index contributed by atoms with van der Waals surface area (Å²) in [7, 11) is 0. The maximum absolute atomic E-state index is 12.6. The maximum Gasteiger partial charge on any atom is 0.307 e. The number of ether oxygens (including phenoxy) is 1. The van der Waals surface area contributed by atoms with Gasteiger partial charge in [-0.25, -0.2) is 0 Å². The van der Waals surface area contributed by atoms with Gasteiger partial charge in [-0.1, -0.05) is 13.3 Å². The molecule has 3 unspecified atom stereocenters. The van der Waals surface area contributed by atoms with Crippen molar-refractivity contribution >= 4 is 11.8 Å². The zero-order valence-corrected chi connectivity index (χ0v) is 12.5. The van der Waals surface area contributed by atoms with Crippen LogP contribution in [0.2, 0.25) is 0 Å². The Morgan fingerprint density at radius 1 is 1.14 bits per heavy atom. The molecule has 1 aliphatic rings. The minimum Gasteiger partial charge on any atom is -0.494 e. The molecule has 0 radical (unpaired) electrons. The Morgan fingerprint density at radius 2 is 1.76 bits per heavy atom. The molecule has 2 rings (SSSR count). The highest BCUT2D eigenvalue weighted by molar-refractivity contribution is 6.00. The molecule has 4 nitrogen and oxygen atoms in total. The van der Waals surface area contributed by atoms with Gasteiger partial charge in [0.25, 0.3) is 0 Å². The van der Waals surface area contributed by atoms with Gasteiger partial charge in [-0.3, -0.25) is 9.59 Å². The van der Waals surface area contributed by atoms with Crippen molar-refractivity contribution in [2.24, 2.45) is 17.8 Å². The van der Waals surface area contributed by atoms with Crippen LogP contribution in [0.25, 0.3) is 0 Å². The topological polar surface area (TPSA) is 63.6 Å². The number of carbonyl (C=O) groups is 2. The Kier molecular flexibility index (Phi) is 4.99. The second kappa shape index (κ2) is 6.74. The van der Waals surface area contributed by atoms with Crippen molar-refractivity contribution in [1.82, 2.24) is 0 Å². The first-order valence-corrected chi connectivity index (χ1v) is 7.56. The van der Waals surface area contributed by atoms with Gasteiger partial charge in [-0.15, -0.1) is 0 Å². The molecule has 21 heavy (non-hydrogen) atoms. The first-order valence-electron chi connectivity index (χ1n) is 7.56. The second-order valence-electron chi connectivity index (χ2n) is 5.62. The van der Waals surface area contributed by atoms with Crippen molar-refractivity contribution in [3.8, 4) is 5.75 Å². The number of Topliss-reactive ketones (excluding diaryl/α,β-unsaturated/α-hetero) is 1. The van der Waals surface area contributed by atoms with Crippen LogP contribution in [0.3, 0.4) is 0 Å². The van der Waals surface area contributed by atoms with E-state index in [4.69, 9.17) is 4.74 Å². The predicted molar refractivity (Wildman–Crippen MR) is 79.6 cm³/mol. The van der Waals surface area contributed by atoms with Crippen molar-refractivity contribution < 1.29 is 19.4 Å². The largest absolute Gasteiger partial charge is 0.494 e. The van der Waals surface area contributed by atoms with E-state index < -0.39 is 17.8 Å². The van der Waals surface area contributed by atoms with E-state index in [1.54, 1.807) is 24.3 Å². The van der Waals surface area contributed by atoms with Crippen LogP contribution >= 0.6 is 0 Å². The van der Waals surface area contributed by atoms with Gasteiger partial charge in [-0.2, -0.15) is 0 Å². The van der Waals surface area contributed by atoms with Gasteiger partial charge >= 0.3 is 5.97 Å². The number of carboxylic acid groups (broad SMARTS) is 1. The SMILES string of the molecule is CCOc1ccc(C(=O)C2CC(CC)CC2C(=O)O)cc1.